The van der Waals surface area contributed by atoms with Crippen molar-refractivity contribution in [2.45, 2.75) is 4.90 Å². The van der Waals surface area contributed by atoms with Crippen molar-refractivity contribution >= 4 is 43.6 Å². The molecule has 1 fully saturated rings. The SMILES string of the molecule is O=C(/C=C/c1nc2ccccc2s1)N1CCN(S(=O)(=O)c2ccc3c(c2)OCCO3)CC1. The standard InChI is InChI=1S/C22H21N3O5S2/c26-22(8-7-21-23-17-3-1-2-4-20(17)31-21)24-9-11-25(12-10-24)32(27,28)16-5-6-18-19(15-16)30-14-13-29-18/h1-8,15H,9-14H2/b8-7+. The lowest BCUT2D eigenvalue weighted by Crippen LogP contribution is -2.50. The van der Waals surface area contributed by atoms with E-state index in [0.717, 1.165) is 15.2 Å². The molecule has 0 bridgehead atoms. The van der Waals surface area contributed by atoms with Crippen molar-refractivity contribution in [1.29, 1.82) is 0 Å². The zero-order valence-electron chi connectivity index (χ0n) is 17.1. The first-order valence-corrected chi connectivity index (χ1v) is 12.5. The lowest BCUT2D eigenvalue weighted by molar-refractivity contribution is -0.127. The largest absolute Gasteiger partial charge is 0.486 e. The van der Waals surface area contributed by atoms with Crippen molar-refractivity contribution in [1.82, 2.24) is 14.2 Å². The normalized spacial score (nSPS) is 17.2. The van der Waals surface area contributed by atoms with E-state index in [4.69, 9.17) is 9.47 Å². The summed E-state index contributed by atoms with van der Waals surface area (Å²) in [5, 5.41) is 0.763. The van der Waals surface area contributed by atoms with Crippen LogP contribution in [0.4, 0.5) is 0 Å². The fourth-order valence-electron chi connectivity index (χ4n) is 3.69. The number of aromatic nitrogens is 1. The molecule has 1 aromatic heterocycles. The summed E-state index contributed by atoms with van der Waals surface area (Å²) in [5.41, 5.74) is 0.905. The summed E-state index contributed by atoms with van der Waals surface area (Å²) in [6.07, 6.45) is 3.22. The number of nitrogens with zero attached hydrogens (tertiary/aromatic N) is 3. The summed E-state index contributed by atoms with van der Waals surface area (Å²) in [5.74, 6) is 0.831. The number of benzene rings is 2. The van der Waals surface area contributed by atoms with Gasteiger partial charge in [0, 0.05) is 38.3 Å². The van der Waals surface area contributed by atoms with Crippen LogP contribution in [0.15, 0.2) is 53.4 Å². The molecule has 2 aromatic carbocycles. The monoisotopic (exact) mass is 471 g/mol. The number of ether oxygens (including phenoxy) is 2. The van der Waals surface area contributed by atoms with Gasteiger partial charge in [-0.1, -0.05) is 12.1 Å². The molecule has 1 saturated heterocycles. The van der Waals surface area contributed by atoms with E-state index >= 15 is 0 Å². The first-order valence-electron chi connectivity index (χ1n) is 10.2. The number of hydrogen-bond acceptors (Lipinski definition) is 7. The van der Waals surface area contributed by atoms with Gasteiger partial charge in [-0.2, -0.15) is 4.31 Å². The molecular formula is C22H21N3O5S2. The lowest BCUT2D eigenvalue weighted by atomic mass is 10.3. The summed E-state index contributed by atoms with van der Waals surface area (Å²) < 4.78 is 39.5. The summed E-state index contributed by atoms with van der Waals surface area (Å²) in [4.78, 5) is 18.9. The second-order valence-electron chi connectivity index (χ2n) is 7.39. The number of carbonyl (C=O) groups excluding carboxylic acids is 1. The molecule has 32 heavy (non-hydrogen) atoms. The average molecular weight is 472 g/mol. The highest BCUT2D eigenvalue weighted by molar-refractivity contribution is 7.89. The first-order chi connectivity index (χ1) is 15.5. The molecule has 0 aliphatic carbocycles. The first kappa shape index (κ1) is 20.9. The summed E-state index contributed by atoms with van der Waals surface area (Å²) >= 11 is 1.52. The maximum Gasteiger partial charge on any atom is 0.246 e. The van der Waals surface area contributed by atoms with E-state index in [2.05, 4.69) is 4.98 Å². The summed E-state index contributed by atoms with van der Waals surface area (Å²) in [7, 11) is -3.68. The van der Waals surface area contributed by atoms with Gasteiger partial charge >= 0.3 is 0 Å². The van der Waals surface area contributed by atoms with E-state index in [1.54, 1.807) is 17.0 Å². The molecule has 5 rings (SSSR count). The van der Waals surface area contributed by atoms with E-state index in [9.17, 15) is 13.2 Å². The number of sulfonamides is 1. The topological polar surface area (TPSA) is 89.0 Å². The van der Waals surface area contributed by atoms with Crippen LogP contribution in [0, 0.1) is 0 Å². The number of fused-ring (bicyclic) bond motifs is 2. The molecule has 10 heteroatoms. The zero-order valence-corrected chi connectivity index (χ0v) is 18.8. The Bertz CT molecular complexity index is 1260. The maximum absolute atomic E-state index is 13.1. The van der Waals surface area contributed by atoms with Gasteiger partial charge in [0.2, 0.25) is 15.9 Å². The van der Waals surface area contributed by atoms with Gasteiger partial charge in [-0.3, -0.25) is 4.79 Å². The van der Waals surface area contributed by atoms with Gasteiger partial charge in [0.05, 0.1) is 15.1 Å². The number of piperazine rings is 1. The Morgan fingerprint density at radius 2 is 1.75 bits per heavy atom. The number of carbonyl (C=O) groups is 1. The number of thiazole rings is 1. The molecule has 1 amide bonds. The van der Waals surface area contributed by atoms with Crippen LogP contribution in [0.3, 0.4) is 0 Å². The van der Waals surface area contributed by atoms with Gasteiger partial charge in [0.15, 0.2) is 11.5 Å². The van der Waals surface area contributed by atoms with Crippen LogP contribution >= 0.6 is 11.3 Å². The van der Waals surface area contributed by atoms with Gasteiger partial charge in [-0.15, -0.1) is 11.3 Å². The van der Waals surface area contributed by atoms with E-state index < -0.39 is 10.0 Å². The van der Waals surface area contributed by atoms with Gasteiger partial charge in [0.25, 0.3) is 0 Å². The molecule has 0 unspecified atom stereocenters. The third-order valence-electron chi connectivity index (χ3n) is 5.38. The minimum absolute atomic E-state index is 0.152. The Kier molecular flexibility index (Phi) is 5.58. The molecule has 0 N–H and O–H groups in total. The average Bonchev–Trinajstić information content (AvgIpc) is 3.25. The van der Waals surface area contributed by atoms with Crippen LogP contribution in [-0.4, -0.2) is 67.9 Å². The second kappa shape index (κ2) is 8.53. The third-order valence-corrected chi connectivity index (χ3v) is 8.28. The third kappa shape index (κ3) is 4.08. The lowest BCUT2D eigenvalue weighted by Gasteiger charge is -2.33. The Morgan fingerprint density at radius 1 is 1.00 bits per heavy atom. The van der Waals surface area contributed by atoms with Crippen LogP contribution in [-0.2, 0) is 14.8 Å². The molecule has 2 aliphatic heterocycles. The molecule has 166 valence electrons. The smallest absolute Gasteiger partial charge is 0.246 e. The van der Waals surface area contributed by atoms with Crippen LogP contribution in [0.25, 0.3) is 16.3 Å². The highest BCUT2D eigenvalue weighted by atomic mass is 32.2. The fraction of sp³-hybridized carbons (Fsp3) is 0.273. The van der Waals surface area contributed by atoms with E-state index in [1.807, 2.05) is 24.3 Å². The number of hydrogen-bond donors (Lipinski definition) is 0. The van der Waals surface area contributed by atoms with Crippen molar-refractivity contribution in [3.8, 4) is 11.5 Å². The van der Waals surface area contributed by atoms with Crippen molar-refractivity contribution in [3.63, 3.8) is 0 Å². The predicted octanol–water partition coefficient (Wildman–Crippen LogP) is 2.61. The fourth-order valence-corrected chi connectivity index (χ4v) is 6.00. The van der Waals surface area contributed by atoms with Crippen molar-refractivity contribution in [2.24, 2.45) is 0 Å². The zero-order chi connectivity index (χ0) is 22.1. The predicted molar refractivity (Wildman–Crippen MR) is 121 cm³/mol. The van der Waals surface area contributed by atoms with Crippen LogP contribution in [0.2, 0.25) is 0 Å². The molecule has 0 atom stereocenters. The molecule has 0 radical (unpaired) electrons. The highest BCUT2D eigenvalue weighted by Gasteiger charge is 2.30. The maximum atomic E-state index is 13.1. The van der Waals surface area contributed by atoms with Gasteiger partial charge in [-0.25, -0.2) is 13.4 Å². The van der Waals surface area contributed by atoms with E-state index in [-0.39, 0.29) is 23.9 Å². The molecule has 3 heterocycles. The van der Waals surface area contributed by atoms with Crippen LogP contribution in [0.5, 0.6) is 11.5 Å². The van der Waals surface area contributed by atoms with Gasteiger partial charge in [-0.05, 0) is 30.3 Å². The Hall–Kier alpha value is -2.95. The van der Waals surface area contributed by atoms with Gasteiger partial charge < -0.3 is 14.4 Å². The molecule has 8 nitrogen and oxygen atoms in total. The minimum Gasteiger partial charge on any atom is -0.486 e. The van der Waals surface area contributed by atoms with Gasteiger partial charge in [0.1, 0.15) is 18.2 Å². The van der Waals surface area contributed by atoms with Crippen LogP contribution < -0.4 is 9.47 Å². The Labute approximate surface area is 189 Å². The summed E-state index contributed by atoms with van der Waals surface area (Å²) in [6, 6.07) is 12.5. The molecule has 2 aliphatic rings. The van der Waals surface area contributed by atoms with Crippen molar-refractivity contribution in [2.75, 3.05) is 39.4 Å². The number of amides is 1. The minimum atomic E-state index is -3.68. The number of para-hydroxylation sites is 1. The Balaban J connectivity index is 1.22. The second-order valence-corrected chi connectivity index (χ2v) is 10.4. The van der Waals surface area contributed by atoms with E-state index in [0.29, 0.717) is 37.8 Å². The molecule has 0 saturated carbocycles. The quantitative estimate of drug-likeness (QED) is 0.544. The molecule has 0 spiro atoms. The van der Waals surface area contributed by atoms with Crippen LogP contribution in [0.1, 0.15) is 5.01 Å². The Morgan fingerprint density at radius 3 is 2.53 bits per heavy atom. The molecular weight excluding hydrogens is 450 g/mol. The highest BCUT2D eigenvalue weighted by Crippen LogP contribution is 2.33. The van der Waals surface area contributed by atoms with Crippen molar-refractivity contribution in [3.05, 3.63) is 53.5 Å². The van der Waals surface area contributed by atoms with Crippen molar-refractivity contribution < 1.29 is 22.7 Å². The summed E-state index contributed by atoms with van der Waals surface area (Å²) in [6.45, 7) is 1.96. The molecule has 3 aromatic rings. The van der Waals surface area contributed by atoms with E-state index in [1.165, 1.54) is 33.9 Å². The number of rotatable bonds is 4.